The Morgan fingerprint density at radius 1 is 0.929 bits per heavy atom. The van der Waals surface area contributed by atoms with Crippen LogP contribution in [0.2, 0.25) is 0 Å². The van der Waals surface area contributed by atoms with E-state index in [0.717, 1.165) is 41.3 Å². The Labute approximate surface area is 168 Å². The lowest BCUT2D eigenvalue weighted by molar-refractivity contribution is -0.0487. The maximum atomic E-state index is 12.8. The molecule has 4 bridgehead atoms. The van der Waals surface area contributed by atoms with Crippen molar-refractivity contribution in [2.75, 3.05) is 25.4 Å². The average Bonchev–Trinajstić information content (AvgIpc) is 2.59. The predicted molar refractivity (Wildman–Crippen MR) is 108 cm³/mol. The van der Waals surface area contributed by atoms with Gasteiger partial charge in [-0.1, -0.05) is 0 Å². The van der Waals surface area contributed by atoms with Crippen LogP contribution in [-0.2, 0) is 20.2 Å². The van der Waals surface area contributed by atoms with Gasteiger partial charge in [0.15, 0.2) is 0 Å². The molecule has 0 spiro atoms. The van der Waals surface area contributed by atoms with Gasteiger partial charge >= 0.3 is 10.2 Å². The summed E-state index contributed by atoms with van der Waals surface area (Å²) in [7, 11) is -4.38. The lowest BCUT2D eigenvalue weighted by atomic mass is 9.50. The zero-order valence-electron chi connectivity index (χ0n) is 16.4. The van der Waals surface area contributed by atoms with Crippen LogP contribution < -0.4 is 9.44 Å². The summed E-state index contributed by atoms with van der Waals surface area (Å²) in [4.78, 5) is 0.157. The molecule has 1 aromatic carbocycles. The largest absolute Gasteiger partial charge is 0.301 e. The molecule has 4 fully saturated rings. The fourth-order valence-corrected chi connectivity index (χ4v) is 7.55. The highest BCUT2D eigenvalue weighted by Crippen LogP contribution is 2.59. The molecule has 0 amide bonds. The molecule has 2 N–H and O–H groups in total. The van der Waals surface area contributed by atoms with Crippen LogP contribution in [0, 0.1) is 23.2 Å². The highest BCUT2D eigenvalue weighted by Gasteiger charge is 2.50. The van der Waals surface area contributed by atoms with Crippen molar-refractivity contribution in [3.63, 3.8) is 0 Å². The Morgan fingerprint density at radius 2 is 1.43 bits per heavy atom. The molecule has 7 nitrogen and oxygen atoms in total. The topological polar surface area (TPSA) is 95.6 Å². The van der Waals surface area contributed by atoms with Crippen LogP contribution in [0.5, 0.6) is 0 Å². The van der Waals surface area contributed by atoms with Crippen molar-refractivity contribution in [2.45, 2.75) is 43.4 Å². The van der Waals surface area contributed by atoms with E-state index in [1.54, 1.807) is 0 Å². The van der Waals surface area contributed by atoms with Crippen LogP contribution in [0.3, 0.4) is 0 Å². The number of nitrogens with zero attached hydrogens (tertiary/aromatic N) is 1. The Balaban J connectivity index is 1.43. The van der Waals surface area contributed by atoms with Crippen LogP contribution in [0.15, 0.2) is 29.2 Å². The summed E-state index contributed by atoms with van der Waals surface area (Å²) < 4.78 is 55.6. The third-order valence-corrected chi connectivity index (χ3v) is 9.57. The normalized spacial score (nSPS) is 32.0. The summed E-state index contributed by atoms with van der Waals surface area (Å²) in [5.41, 5.74) is 0.456. The minimum atomic E-state index is -3.62. The summed E-state index contributed by atoms with van der Waals surface area (Å²) in [6.07, 6.45) is 7.43. The van der Waals surface area contributed by atoms with Crippen molar-refractivity contribution in [3.8, 4) is 0 Å². The van der Waals surface area contributed by atoms with Crippen molar-refractivity contribution in [1.29, 1.82) is 0 Å². The van der Waals surface area contributed by atoms with Crippen molar-refractivity contribution in [3.05, 3.63) is 24.3 Å². The van der Waals surface area contributed by atoms with Gasteiger partial charge in [0.1, 0.15) is 0 Å². The molecule has 0 aromatic heterocycles. The van der Waals surface area contributed by atoms with E-state index in [1.807, 2.05) is 0 Å². The molecule has 0 aliphatic heterocycles. The zero-order chi connectivity index (χ0) is 20.2. The molecule has 5 rings (SSSR count). The maximum absolute atomic E-state index is 12.8. The second kappa shape index (κ2) is 6.97. The Morgan fingerprint density at radius 3 is 1.89 bits per heavy atom. The smallest absolute Gasteiger partial charge is 0.271 e. The molecule has 4 saturated carbocycles. The molecular formula is C19H29N3O4S2. The van der Waals surface area contributed by atoms with Crippen molar-refractivity contribution in [1.82, 2.24) is 9.03 Å². The van der Waals surface area contributed by atoms with Crippen molar-refractivity contribution >= 4 is 25.9 Å². The molecule has 1 aromatic rings. The summed E-state index contributed by atoms with van der Waals surface area (Å²) in [6.45, 7) is 0.508. The van der Waals surface area contributed by atoms with Crippen molar-refractivity contribution in [2.24, 2.45) is 23.2 Å². The fourth-order valence-electron chi connectivity index (χ4n) is 5.78. The van der Waals surface area contributed by atoms with Gasteiger partial charge in [-0.05, 0) is 86.0 Å². The van der Waals surface area contributed by atoms with E-state index in [1.165, 1.54) is 57.6 Å². The third-order valence-electron chi connectivity index (χ3n) is 6.69. The van der Waals surface area contributed by atoms with Gasteiger partial charge in [-0.3, -0.25) is 4.72 Å². The second-order valence-corrected chi connectivity index (χ2v) is 12.8. The second-order valence-electron chi connectivity index (χ2n) is 9.16. The van der Waals surface area contributed by atoms with Crippen LogP contribution >= 0.6 is 0 Å². The van der Waals surface area contributed by atoms with E-state index in [0.29, 0.717) is 12.2 Å². The molecule has 4 aliphatic rings. The van der Waals surface area contributed by atoms with E-state index in [4.69, 9.17) is 0 Å². The highest BCUT2D eigenvalue weighted by molar-refractivity contribution is 7.90. The Kier molecular flexibility index (Phi) is 5.01. The first kappa shape index (κ1) is 20.1. The van der Waals surface area contributed by atoms with Gasteiger partial charge in [-0.25, -0.2) is 13.1 Å². The van der Waals surface area contributed by atoms with Gasteiger partial charge in [0, 0.05) is 26.3 Å². The first-order valence-electron chi connectivity index (χ1n) is 9.87. The van der Waals surface area contributed by atoms with E-state index in [9.17, 15) is 16.8 Å². The molecule has 156 valence electrons. The number of anilines is 1. The standard InChI is InChI=1S/C19H29N3O4S2/c1-22(2)28(25,26)21-17-3-5-18(6-4-17)27(23,24)20-13-19-10-14-7-15(11-19)9-16(8-14)12-19/h3-6,14-16,20-21H,7-13H2,1-2H3. The molecule has 0 unspecified atom stereocenters. The van der Waals surface area contributed by atoms with Gasteiger partial charge in [0.05, 0.1) is 4.90 Å². The Bertz CT molecular complexity index is 905. The van der Waals surface area contributed by atoms with Gasteiger partial charge in [0.2, 0.25) is 10.0 Å². The van der Waals surface area contributed by atoms with Crippen LogP contribution in [0.25, 0.3) is 0 Å². The monoisotopic (exact) mass is 427 g/mol. The number of sulfonamides is 1. The fraction of sp³-hybridized carbons (Fsp3) is 0.684. The van der Waals surface area contributed by atoms with E-state index in [2.05, 4.69) is 9.44 Å². The van der Waals surface area contributed by atoms with Crippen LogP contribution in [0.4, 0.5) is 5.69 Å². The number of benzene rings is 1. The summed E-state index contributed by atoms with van der Waals surface area (Å²) in [6, 6.07) is 5.83. The molecule has 0 heterocycles. The van der Waals surface area contributed by atoms with Crippen LogP contribution in [-0.4, -0.2) is 41.8 Å². The van der Waals surface area contributed by atoms with Gasteiger partial charge < -0.3 is 0 Å². The number of hydrogen-bond acceptors (Lipinski definition) is 4. The lowest BCUT2D eigenvalue weighted by Crippen LogP contribution is -2.51. The molecule has 0 saturated heterocycles. The number of rotatable bonds is 7. The predicted octanol–water partition coefficient (Wildman–Crippen LogP) is 2.40. The minimum absolute atomic E-state index is 0.128. The summed E-state index contributed by atoms with van der Waals surface area (Å²) in [5.74, 6) is 2.33. The molecule has 4 aliphatic carbocycles. The first-order valence-corrected chi connectivity index (χ1v) is 12.8. The minimum Gasteiger partial charge on any atom is -0.271 e. The third kappa shape index (κ3) is 3.94. The van der Waals surface area contributed by atoms with E-state index < -0.39 is 20.2 Å². The molecule has 9 heteroatoms. The zero-order valence-corrected chi connectivity index (χ0v) is 18.0. The SMILES string of the molecule is CN(C)S(=O)(=O)Nc1ccc(S(=O)(=O)NCC23CC4CC(CC(C4)C2)C3)cc1. The molecule has 28 heavy (non-hydrogen) atoms. The summed E-state index contributed by atoms with van der Waals surface area (Å²) >= 11 is 0. The maximum Gasteiger partial charge on any atom is 0.301 e. The van der Waals surface area contributed by atoms with Crippen molar-refractivity contribution < 1.29 is 16.8 Å². The molecular weight excluding hydrogens is 398 g/mol. The lowest BCUT2D eigenvalue weighted by Gasteiger charge is -2.56. The van der Waals surface area contributed by atoms with Gasteiger partial charge in [-0.15, -0.1) is 0 Å². The van der Waals surface area contributed by atoms with Gasteiger partial charge in [-0.2, -0.15) is 12.7 Å². The van der Waals surface area contributed by atoms with Gasteiger partial charge in [0.25, 0.3) is 0 Å². The average molecular weight is 428 g/mol. The van der Waals surface area contributed by atoms with Crippen LogP contribution in [0.1, 0.15) is 38.5 Å². The van der Waals surface area contributed by atoms with E-state index in [-0.39, 0.29) is 10.3 Å². The summed E-state index contributed by atoms with van der Waals surface area (Å²) in [5, 5.41) is 0. The number of hydrogen-bond donors (Lipinski definition) is 2. The van der Waals surface area contributed by atoms with E-state index >= 15 is 0 Å². The Hall–Kier alpha value is -1.16. The highest BCUT2D eigenvalue weighted by atomic mass is 32.2. The number of nitrogens with one attached hydrogen (secondary N) is 2. The quantitative estimate of drug-likeness (QED) is 0.698. The first-order chi connectivity index (χ1) is 13.1. The molecule has 0 radical (unpaired) electrons. The molecule has 0 atom stereocenters.